The van der Waals surface area contributed by atoms with Gasteiger partial charge in [0.2, 0.25) is 5.88 Å². The number of benzene rings is 2. The molecule has 0 aliphatic carbocycles. The fourth-order valence-corrected chi connectivity index (χ4v) is 2.61. The van der Waals surface area contributed by atoms with Gasteiger partial charge in [0.25, 0.3) is 0 Å². The van der Waals surface area contributed by atoms with Gasteiger partial charge in [-0.3, -0.25) is 4.79 Å². The molecule has 25 heavy (non-hydrogen) atoms. The third-order valence-electron chi connectivity index (χ3n) is 3.24. The van der Waals surface area contributed by atoms with E-state index in [1.54, 1.807) is 12.1 Å². The van der Waals surface area contributed by atoms with Gasteiger partial charge in [-0.1, -0.05) is 0 Å². The zero-order valence-corrected chi connectivity index (χ0v) is 14.8. The summed E-state index contributed by atoms with van der Waals surface area (Å²) in [6.07, 6.45) is 1.32. The Hall–Kier alpha value is -2.74. The van der Waals surface area contributed by atoms with Gasteiger partial charge in [-0.05, 0) is 40.2 Å². The van der Waals surface area contributed by atoms with Gasteiger partial charge in [0.15, 0.2) is 11.5 Å². The van der Waals surface area contributed by atoms with Crippen LogP contribution in [0.25, 0.3) is 10.9 Å². The molecular weight excluding hydrogens is 395 g/mol. The molecule has 0 unspecified atom stereocenters. The Morgan fingerprint density at radius 3 is 2.60 bits per heavy atom. The average molecular weight is 407 g/mol. The first kappa shape index (κ1) is 17.1. The number of nitrogens with zero attached hydrogens (tertiary/aromatic N) is 2. The molecule has 1 aromatic heterocycles. The van der Waals surface area contributed by atoms with Gasteiger partial charge >= 0.3 is 5.97 Å². The standard InChI is InChI=1S/C17H12BrFN2O4/c1-9(22)24-16-7-13-11(6-15(16)23-2)17(21-8-20-13)25-14-4-3-10(19)5-12(14)18/h3-8H,1-2H3. The van der Waals surface area contributed by atoms with E-state index in [2.05, 4.69) is 25.9 Å². The van der Waals surface area contributed by atoms with Crippen molar-refractivity contribution in [2.45, 2.75) is 6.92 Å². The molecule has 8 heteroatoms. The number of halogens is 2. The Morgan fingerprint density at radius 2 is 1.92 bits per heavy atom. The maximum Gasteiger partial charge on any atom is 0.308 e. The molecule has 128 valence electrons. The Balaban J connectivity index is 2.08. The summed E-state index contributed by atoms with van der Waals surface area (Å²) in [6, 6.07) is 7.23. The fourth-order valence-electron chi connectivity index (χ4n) is 2.18. The third kappa shape index (κ3) is 3.69. The van der Waals surface area contributed by atoms with Crippen LogP contribution in [-0.2, 0) is 4.79 Å². The molecule has 3 rings (SSSR count). The lowest BCUT2D eigenvalue weighted by molar-refractivity contribution is -0.132. The summed E-state index contributed by atoms with van der Waals surface area (Å²) in [6.45, 7) is 1.30. The Morgan fingerprint density at radius 1 is 1.12 bits per heavy atom. The van der Waals surface area contributed by atoms with Crippen LogP contribution >= 0.6 is 15.9 Å². The molecule has 0 spiro atoms. The monoisotopic (exact) mass is 406 g/mol. The van der Waals surface area contributed by atoms with Crippen molar-refractivity contribution in [3.63, 3.8) is 0 Å². The maximum absolute atomic E-state index is 13.2. The predicted molar refractivity (Wildman–Crippen MR) is 91.6 cm³/mol. The molecule has 2 aromatic carbocycles. The van der Waals surface area contributed by atoms with Crippen LogP contribution in [0.3, 0.4) is 0 Å². The first-order chi connectivity index (χ1) is 12.0. The molecule has 0 N–H and O–H groups in total. The second-order valence-electron chi connectivity index (χ2n) is 4.97. The Bertz CT molecular complexity index is 965. The molecule has 6 nitrogen and oxygen atoms in total. The first-order valence-electron chi connectivity index (χ1n) is 7.12. The number of fused-ring (bicyclic) bond motifs is 1. The van der Waals surface area contributed by atoms with Crippen LogP contribution < -0.4 is 14.2 Å². The highest BCUT2D eigenvalue weighted by Crippen LogP contribution is 2.37. The molecule has 0 fully saturated rings. The van der Waals surface area contributed by atoms with E-state index in [9.17, 15) is 9.18 Å². The van der Waals surface area contributed by atoms with E-state index in [1.165, 1.54) is 38.6 Å². The minimum absolute atomic E-state index is 0.245. The summed E-state index contributed by atoms with van der Waals surface area (Å²) in [7, 11) is 1.45. The van der Waals surface area contributed by atoms with E-state index in [0.717, 1.165) is 0 Å². The van der Waals surface area contributed by atoms with Crippen molar-refractivity contribution in [3.05, 3.63) is 46.9 Å². The maximum atomic E-state index is 13.2. The smallest absolute Gasteiger partial charge is 0.308 e. The van der Waals surface area contributed by atoms with Crippen LogP contribution in [0.5, 0.6) is 23.1 Å². The highest BCUT2D eigenvalue weighted by Gasteiger charge is 2.15. The lowest BCUT2D eigenvalue weighted by Gasteiger charge is -2.12. The van der Waals surface area contributed by atoms with Gasteiger partial charge in [-0.2, -0.15) is 0 Å². The topological polar surface area (TPSA) is 70.5 Å². The first-order valence-corrected chi connectivity index (χ1v) is 7.91. The minimum Gasteiger partial charge on any atom is -0.493 e. The lowest BCUT2D eigenvalue weighted by atomic mass is 10.2. The van der Waals surface area contributed by atoms with Gasteiger partial charge < -0.3 is 14.2 Å². The molecule has 0 radical (unpaired) electrons. The number of ether oxygens (including phenoxy) is 3. The van der Waals surface area contributed by atoms with E-state index < -0.39 is 5.97 Å². The van der Waals surface area contributed by atoms with E-state index >= 15 is 0 Å². The summed E-state index contributed by atoms with van der Waals surface area (Å²) in [5.74, 6) is 0.364. The van der Waals surface area contributed by atoms with Crippen molar-refractivity contribution in [2.24, 2.45) is 0 Å². The zero-order chi connectivity index (χ0) is 18.0. The second kappa shape index (κ2) is 7.02. The van der Waals surface area contributed by atoms with E-state index in [-0.39, 0.29) is 17.4 Å². The number of aromatic nitrogens is 2. The number of carbonyl (C=O) groups excluding carboxylic acids is 1. The molecule has 3 aromatic rings. The number of rotatable bonds is 4. The predicted octanol–water partition coefficient (Wildman–Crippen LogP) is 4.26. The molecule has 0 saturated carbocycles. The second-order valence-corrected chi connectivity index (χ2v) is 5.82. The van der Waals surface area contributed by atoms with Crippen LogP contribution in [0.2, 0.25) is 0 Å². The Kier molecular flexibility index (Phi) is 4.80. The van der Waals surface area contributed by atoms with Gasteiger partial charge in [-0.15, -0.1) is 0 Å². The number of carbonyl (C=O) groups is 1. The average Bonchev–Trinajstić information content (AvgIpc) is 2.56. The van der Waals surface area contributed by atoms with Crippen molar-refractivity contribution in [1.82, 2.24) is 9.97 Å². The molecule has 0 amide bonds. The normalized spacial score (nSPS) is 10.6. The van der Waals surface area contributed by atoms with Gasteiger partial charge in [0, 0.05) is 13.0 Å². The largest absolute Gasteiger partial charge is 0.493 e. The molecule has 0 aliphatic heterocycles. The summed E-state index contributed by atoms with van der Waals surface area (Å²) < 4.78 is 29.8. The summed E-state index contributed by atoms with van der Waals surface area (Å²) >= 11 is 3.24. The van der Waals surface area contributed by atoms with E-state index in [0.29, 0.717) is 26.9 Å². The van der Waals surface area contributed by atoms with Crippen LogP contribution in [0.4, 0.5) is 4.39 Å². The van der Waals surface area contributed by atoms with Crippen molar-refractivity contribution in [2.75, 3.05) is 7.11 Å². The number of esters is 1. The molecule has 0 saturated heterocycles. The summed E-state index contributed by atoms with van der Waals surface area (Å²) in [5.41, 5.74) is 0.500. The third-order valence-corrected chi connectivity index (χ3v) is 3.86. The lowest BCUT2D eigenvalue weighted by Crippen LogP contribution is -2.03. The van der Waals surface area contributed by atoms with Crippen LogP contribution in [-0.4, -0.2) is 23.0 Å². The fraction of sp³-hybridized carbons (Fsp3) is 0.118. The van der Waals surface area contributed by atoms with E-state index in [4.69, 9.17) is 14.2 Å². The summed E-state index contributed by atoms with van der Waals surface area (Å²) in [4.78, 5) is 19.5. The van der Waals surface area contributed by atoms with Crippen molar-refractivity contribution >= 4 is 32.8 Å². The van der Waals surface area contributed by atoms with Gasteiger partial charge in [-0.25, -0.2) is 14.4 Å². The van der Waals surface area contributed by atoms with Crippen molar-refractivity contribution < 1.29 is 23.4 Å². The number of hydrogen-bond acceptors (Lipinski definition) is 6. The number of hydrogen-bond donors (Lipinski definition) is 0. The van der Waals surface area contributed by atoms with Crippen LogP contribution in [0, 0.1) is 5.82 Å². The summed E-state index contributed by atoms with van der Waals surface area (Å²) in [5, 5.41) is 0.548. The van der Waals surface area contributed by atoms with Crippen molar-refractivity contribution in [3.8, 4) is 23.1 Å². The molecule has 0 atom stereocenters. The van der Waals surface area contributed by atoms with Gasteiger partial charge in [0.05, 0.1) is 22.5 Å². The zero-order valence-electron chi connectivity index (χ0n) is 13.2. The minimum atomic E-state index is -0.474. The van der Waals surface area contributed by atoms with E-state index in [1.807, 2.05) is 0 Å². The van der Waals surface area contributed by atoms with Crippen molar-refractivity contribution in [1.29, 1.82) is 0 Å². The quantitative estimate of drug-likeness (QED) is 0.476. The van der Waals surface area contributed by atoms with Gasteiger partial charge in [0.1, 0.15) is 17.9 Å². The molecule has 1 heterocycles. The molecule has 0 aliphatic rings. The Labute approximate surface area is 150 Å². The van der Waals surface area contributed by atoms with Crippen LogP contribution in [0.15, 0.2) is 41.1 Å². The highest BCUT2D eigenvalue weighted by molar-refractivity contribution is 9.10. The number of methoxy groups -OCH3 is 1. The highest BCUT2D eigenvalue weighted by atomic mass is 79.9. The molecule has 0 bridgehead atoms. The molecular formula is C17H12BrFN2O4. The van der Waals surface area contributed by atoms with Crippen LogP contribution in [0.1, 0.15) is 6.92 Å². The SMILES string of the molecule is COc1cc2c(Oc3ccc(F)cc3Br)ncnc2cc1OC(C)=O.